The Morgan fingerprint density at radius 2 is 1.76 bits per heavy atom. The summed E-state index contributed by atoms with van der Waals surface area (Å²) in [5.74, 6) is -0.943. The van der Waals surface area contributed by atoms with Gasteiger partial charge in [-0.15, -0.1) is 0 Å². The van der Waals surface area contributed by atoms with Crippen LogP contribution in [0.1, 0.15) is 20.7 Å². The maximum atomic E-state index is 12.7. The number of non-ortho nitro benzene ring substituents is 1. The molecule has 0 unspecified atom stereocenters. The van der Waals surface area contributed by atoms with Crippen molar-refractivity contribution in [2.75, 3.05) is 24.0 Å². The molecule has 0 saturated carbocycles. The molecule has 2 amide bonds. The van der Waals surface area contributed by atoms with Gasteiger partial charge in [0.1, 0.15) is 5.75 Å². The number of rotatable bonds is 7. The lowest BCUT2D eigenvalue weighted by molar-refractivity contribution is -0.385. The van der Waals surface area contributed by atoms with Gasteiger partial charge in [0.15, 0.2) is 9.84 Å². The zero-order valence-corrected chi connectivity index (χ0v) is 18.3. The summed E-state index contributed by atoms with van der Waals surface area (Å²) in [6, 6.07) is 10.5. The summed E-state index contributed by atoms with van der Waals surface area (Å²) >= 11 is 0. The maximum absolute atomic E-state index is 12.7. The van der Waals surface area contributed by atoms with E-state index in [9.17, 15) is 28.1 Å². The van der Waals surface area contributed by atoms with Crippen LogP contribution in [0.5, 0.6) is 5.75 Å². The van der Waals surface area contributed by atoms with Gasteiger partial charge in [-0.05, 0) is 30.3 Å². The second-order valence-electron chi connectivity index (χ2n) is 6.81. The zero-order valence-electron chi connectivity index (χ0n) is 17.4. The van der Waals surface area contributed by atoms with Crippen molar-refractivity contribution >= 4 is 38.7 Å². The molecule has 0 aliphatic rings. The summed E-state index contributed by atoms with van der Waals surface area (Å²) in [5, 5.41) is 16.4. The number of nitrogens with one attached hydrogen (secondary N) is 2. The summed E-state index contributed by atoms with van der Waals surface area (Å²) in [6.45, 7) is 0. The van der Waals surface area contributed by atoms with E-state index in [1.54, 1.807) is 12.1 Å². The minimum atomic E-state index is -3.79. The third-order valence-electron chi connectivity index (χ3n) is 4.42. The van der Waals surface area contributed by atoms with Crippen molar-refractivity contribution in [3.63, 3.8) is 0 Å². The Balaban J connectivity index is 1.85. The third kappa shape index (κ3) is 5.68. The molecule has 0 aliphatic heterocycles. The number of carbonyl (C=O) groups excluding carboxylic acids is 2. The van der Waals surface area contributed by atoms with Crippen LogP contribution in [0.15, 0.2) is 65.8 Å². The van der Waals surface area contributed by atoms with E-state index in [0.717, 1.165) is 24.5 Å². The van der Waals surface area contributed by atoms with Crippen molar-refractivity contribution in [2.45, 2.75) is 4.90 Å². The van der Waals surface area contributed by atoms with Gasteiger partial charge in [0, 0.05) is 48.1 Å². The lowest BCUT2D eigenvalue weighted by Crippen LogP contribution is -2.15. The van der Waals surface area contributed by atoms with Crippen LogP contribution in [0.25, 0.3) is 0 Å². The van der Waals surface area contributed by atoms with Gasteiger partial charge in [-0.3, -0.25) is 24.7 Å². The Morgan fingerprint density at radius 1 is 1.03 bits per heavy atom. The molecule has 3 aromatic rings. The van der Waals surface area contributed by atoms with E-state index in [1.807, 2.05) is 0 Å². The van der Waals surface area contributed by atoms with Crippen LogP contribution in [-0.2, 0) is 9.84 Å². The minimum Gasteiger partial charge on any atom is -0.494 e. The van der Waals surface area contributed by atoms with Gasteiger partial charge in [0.25, 0.3) is 17.5 Å². The topological polar surface area (TPSA) is 158 Å². The maximum Gasteiger partial charge on any atom is 0.271 e. The van der Waals surface area contributed by atoms with Crippen LogP contribution in [0.2, 0.25) is 0 Å². The van der Waals surface area contributed by atoms with Crippen LogP contribution >= 0.6 is 0 Å². The van der Waals surface area contributed by atoms with Crippen LogP contribution in [0.4, 0.5) is 17.1 Å². The first kappa shape index (κ1) is 23.3. The normalized spacial score (nSPS) is 10.8. The number of nitro groups is 1. The minimum absolute atomic E-state index is 0.211. The number of methoxy groups -OCH3 is 1. The van der Waals surface area contributed by atoms with Crippen molar-refractivity contribution in [3.8, 4) is 5.75 Å². The molecule has 0 spiro atoms. The Labute approximate surface area is 188 Å². The van der Waals surface area contributed by atoms with E-state index in [1.165, 1.54) is 37.7 Å². The quantitative estimate of drug-likeness (QED) is 0.394. The van der Waals surface area contributed by atoms with Crippen LogP contribution in [0, 0.1) is 10.1 Å². The summed E-state index contributed by atoms with van der Waals surface area (Å²) in [4.78, 5) is 38.9. The predicted octanol–water partition coefficient (Wildman–Crippen LogP) is 2.91. The van der Waals surface area contributed by atoms with E-state index < -0.39 is 32.3 Å². The summed E-state index contributed by atoms with van der Waals surface area (Å²) in [5.41, 5.74) is 0.179. The second kappa shape index (κ2) is 9.44. The van der Waals surface area contributed by atoms with Crippen LogP contribution in [-0.4, -0.2) is 43.5 Å². The van der Waals surface area contributed by atoms with Crippen LogP contribution < -0.4 is 15.4 Å². The molecule has 0 atom stereocenters. The van der Waals surface area contributed by atoms with Gasteiger partial charge in [-0.25, -0.2) is 8.42 Å². The molecule has 12 heteroatoms. The Kier molecular flexibility index (Phi) is 6.68. The Morgan fingerprint density at radius 3 is 2.36 bits per heavy atom. The molecule has 0 fully saturated rings. The average Bonchev–Trinajstić information content (AvgIpc) is 2.79. The van der Waals surface area contributed by atoms with E-state index in [-0.39, 0.29) is 21.9 Å². The lowest BCUT2D eigenvalue weighted by atomic mass is 10.1. The SMILES string of the molecule is COc1cc(NC(=O)c2cc([N+](=O)[O-])cc(S(C)(=O)=O)c2)ccc1NC(=O)c1cccnc1. The fourth-order valence-corrected chi connectivity index (χ4v) is 3.48. The van der Waals surface area contributed by atoms with Crippen molar-refractivity contribution < 1.29 is 27.7 Å². The van der Waals surface area contributed by atoms with E-state index in [0.29, 0.717) is 11.3 Å². The third-order valence-corrected chi connectivity index (χ3v) is 5.52. The number of nitro benzene ring substituents is 1. The van der Waals surface area contributed by atoms with Gasteiger partial charge in [-0.1, -0.05) is 0 Å². The molecule has 170 valence electrons. The lowest BCUT2D eigenvalue weighted by Gasteiger charge is -2.13. The van der Waals surface area contributed by atoms with Gasteiger partial charge in [0.2, 0.25) is 0 Å². The molecule has 1 aromatic heterocycles. The fraction of sp³-hybridized carbons (Fsp3) is 0.0952. The van der Waals surface area contributed by atoms with Crippen molar-refractivity contribution in [2.24, 2.45) is 0 Å². The highest BCUT2D eigenvalue weighted by molar-refractivity contribution is 7.90. The highest BCUT2D eigenvalue weighted by Crippen LogP contribution is 2.29. The average molecular weight is 470 g/mol. The summed E-state index contributed by atoms with van der Waals surface area (Å²) in [7, 11) is -2.41. The first-order chi connectivity index (χ1) is 15.6. The fourth-order valence-electron chi connectivity index (χ4n) is 2.80. The number of ether oxygens (including phenoxy) is 1. The number of benzene rings is 2. The number of hydrogen-bond acceptors (Lipinski definition) is 8. The Bertz CT molecular complexity index is 1340. The number of amides is 2. The predicted molar refractivity (Wildman–Crippen MR) is 119 cm³/mol. The number of anilines is 2. The molecule has 0 radical (unpaired) electrons. The molecule has 0 bridgehead atoms. The van der Waals surface area contributed by atoms with Crippen molar-refractivity contribution in [1.29, 1.82) is 0 Å². The van der Waals surface area contributed by atoms with Crippen molar-refractivity contribution in [3.05, 3.63) is 82.2 Å². The molecule has 0 saturated heterocycles. The van der Waals surface area contributed by atoms with Gasteiger partial charge in [-0.2, -0.15) is 0 Å². The number of hydrogen-bond donors (Lipinski definition) is 2. The van der Waals surface area contributed by atoms with E-state index >= 15 is 0 Å². The molecule has 33 heavy (non-hydrogen) atoms. The molecule has 3 rings (SSSR count). The standard InChI is InChI=1S/C21H18N4O7S/c1-32-19-10-15(5-6-18(19)24-20(26)13-4-3-7-22-12-13)23-21(27)14-8-16(25(28)29)11-17(9-14)33(2,30)31/h3-12H,1-2H3,(H,23,27)(H,24,26). The number of nitrogens with zero attached hydrogens (tertiary/aromatic N) is 2. The molecule has 2 N–H and O–H groups in total. The second-order valence-corrected chi connectivity index (χ2v) is 8.83. The van der Waals surface area contributed by atoms with Crippen molar-refractivity contribution in [1.82, 2.24) is 4.98 Å². The van der Waals surface area contributed by atoms with E-state index in [2.05, 4.69) is 15.6 Å². The molecular formula is C21H18N4O7S. The van der Waals surface area contributed by atoms with Crippen LogP contribution in [0.3, 0.4) is 0 Å². The van der Waals surface area contributed by atoms with Gasteiger partial charge in [0.05, 0.1) is 28.2 Å². The molecular weight excluding hydrogens is 452 g/mol. The largest absolute Gasteiger partial charge is 0.494 e. The number of carbonyl (C=O) groups is 2. The summed E-state index contributed by atoms with van der Waals surface area (Å²) in [6.07, 6.45) is 3.83. The first-order valence-corrected chi connectivity index (χ1v) is 11.2. The number of pyridine rings is 1. The van der Waals surface area contributed by atoms with E-state index in [4.69, 9.17) is 4.74 Å². The van der Waals surface area contributed by atoms with Gasteiger partial charge < -0.3 is 15.4 Å². The molecule has 11 nitrogen and oxygen atoms in total. The monoisotopic (exact) mass is 470 g/mol. The summed E-state index contributed by atoms with van der Waals surface area (Å²) < 4.78 is 29.0. The first-order valence-electron chi connectivity index (χ1n) is 9.29. The molecule has 0 aliphatic carbocycles. The number of aromatic nitrogens is 1. The zero-order chi connectivity index (χ0) is 24.2. The Hall–Kier alpha value is -4.32. The van der Waals surface area contributed by atoms with Gasteiger partial charge >= 0.3 is 0 Å². The highest BCUT2D eigenvalue weighted by atomic mass is 32.2. The molecule has 2 aromatic carbocycles. The molecule has 1 heterocycles. The smallest absolute Gasteiger partial charge is 0.271 e. The number of sulfone groups is 1. The highest BCUT2D eigenvalue weighted by Gasteiger charge is 2.20.